The summed E-state index contributed by atoms with van der Waals surface area (Å²) in [5, 5.41) is 0. The van der Waals surface area contributed by atoms with Crippen LogP contribution in [0.4, 0.5) is 0 Å². The Kier molecular flexibility index (Phi) is 12.5. The van der Waals surface area contributed by atoms with Crippen molar-refractivity contribution in [1.82, 2.24) is 0 Å². The second-order valence-electron chi connectivity index (χ2n) is 3.73. The van der Waals surface area contributed by atoms with Gasteiger partial charge >= 0.3 is 0 Å². The highest BCUT2D eigenvalue weighted by Gasteiger charge is 1.91. The highest BCUT2D eigenvalue weighted by atomic mass is 127. The summed E-state index contributed by atoms with van der Waals surface area (Å²) in [6, 6.07) is 0. The zero-order chi connectivity index (χ0) is 12.1. The summed E-state index contributed by atoms with van der Waals surface area (Å²) in [7, 11) is 0. The highest BCUT2D eigenvalue weighted by Crippen LogP contribution is 2.06. The lowest BCUT2D eigenvalue weighted by Crippen LogP contribution is -1.88. The zero-order valence-electron chi connectivity index (χ0n) is 9.93. The first-order chi connectivity index (χ1) is 7.81. The van der Waals surface area contributed by atoms with Crippen LogP contribution in [0.2, 0.25) is 0 Å². The van der Waals surface area contributed by atoms with E-state index in [1.54, 1.807) is 0 Å². The molecule has 0 atom stereocenters. The van der Waals surface area contributed by atoms with Crippen LogP contribution in [0.5, 0.6) is 0 Å². The molecule has 0 amide bonds. The largest absolute Gasteiger partial charge is 0.295 e. The van der Waals surface area contributed by atoms with E-state index in [4.69, 9.17) is 0 Å². The predicted molar refractivity (Wildman–Crippen MR) is 78.8 cm³/mol. The molecule has 1 nitrogen and oxygen atoms in total. The molecule has 0 aliphatic carbocycles. The number of rotatable bonds is 9. The van der Waals surface area contributed by atoms with E-state index in [2.05, 4.69) is 41.0 Å². The highest BCUT2D eigenvalue weighted by molar-refractivity contribution is 14.1. The molecule has 0 aliphatic heterocycles. The van der Waals surface area contributed by atoms with Gasteiger partial charge in [-0.05, 0) is 23.3 Å². The van der Waals surface area contributed by atoms with Gasteiger partial charge in [0.15, 0.2) is 5.78 Å². The van der Waals surface area contributed by atoms with Crippen LogP contribution in [-0.2, 0) is 4.79 Å². The van der Waals surface area contributed by atoms with Crippen molar-refractivity contribution < 1.29 is 4.79 Å². The molecule has 0 aromatic carbocycles. The minimum absolute atomic E-state index is 0.0908. The number of hydrogen-bond donors (Lipinski definition) is 0. The van der Waals surface area contributed by atoms with E-state index in [1.165, 1.54) is 42.6 Å². The topological polar surface area (TPSA) is 17.1 Å². The Balaban J connectivity index is 3.21. The molecule has 0 unspecified atom stereocenters. The molecule has 0 aromatic heterocycles. The number of alkyl halides is 1. The fourth-order valence-electron chi connectivity index (χ4n) is 1.30. The van der Waals surface area contributed by atoms with E-state index >= 15 is 0 Å². The number of carbonyl (C=O) groups is 1. The van der Waals surface area contributed by atoms with E-state index < -0.39 is 0 Å². The lowest BCUT2D eigenvalue weighted by Gasteiger charge is -1.95. The Hall–Kier alpha value is -0.300. The van der Waals surface area contributed by atoms with Gasteiger partial charge in [-0.15, -0.1) is 11.8 Å². The summed E-state index contributed by atoms with van der Waals surface area (Å²) >= 11 is 2.42. The van der Waals surface area contributed by atoms with Gasteiger partial charge in [-0.2, -0.15) is 0 Å². The third kappa shape index (κ3) is 11.8. The van der Waals surface area contributed by atoms with Gasteiger partial charge in [0.1, 0.15) is 0 Å². The van der Waals surface area contributed by atoms with Gasteiger partial charge in [-0.25, -0.2) is 0 Å². The minimum atomic E-state index is 0.0908. The smallest absolute Gasteiger partial charge is 0.156 e. The van der Waals surface area contributed by atoms with E-state index in [9.17, 15) is 4.79 Å². The summed E-state index contributed by atoms with van der Waals surface area (Å²) in [5.74, 6) is 6.24. The van der Waals surface area contributed by atoms with Crippen molar-refractivity contribution in [1.29, 1.82) is 0 Å². The number of allylic oxidation sites excluding steroid dienone is 1. The number of halogens is 1. The van der Waals surface area contributed by atoms with Gasteiger partial charge in [-0.1, -0.05) is 48.4 Å². The second kappa shape index (κ2) is 12.8. The third-order valence-electron chi connectivity index (χ3n) is 2.28. The van der Waals surface area contributed by atoms with Crippen molar-refractivity contribution in [2.45, 2.75) is 51.4 Å². The number of hydrogen-bond acceptors (Lipinski definition) is 1. The second-order valence-corrected chi connectivity index (χ2v) is 4.81. The SMILES string of the molecule is C=CC(=O)CCC#CCCCCCCCI. The van der Waals surface area contributed by atoms with Crippen molar-refractivity contribution in [3.63, 3.8) is 0 Å². The van der Waals surface area contributed by atoms with Gasteiger partial charge in [0.2, 0.25) is 0 Å². The summed E-state index contributed by atoms with van der Waals surface area (Å²) in [5.41, 5.74) is 0. The Morgan fingerprint density at radius 2 is 1.69 bits per heavy atom. The van der Waals surface area contributed by atoms with Crippen LogP contribution in [0.3, 0.4) is 0 Å². The van der Waals surface area contributed by atoms with E-state index in [1.807, 2.05) is 0 Å². The molecule has 0 heterocycles. The molecule has 0 saturated carbocycles. The molecule has 0 fully saturated rings. The molecule has 0 spiro atoms. The molecule has 0 rings (SSSR count). The normalized spacial score (nSPS) is 9.31. The first-order valence-corrected chi connectivity index (χ1v) is 7.50. The number of carbonyl (C=O) groups excluding carboxylic acids is 1. The lowest BCUT2D eigenvalue weighted by molar-refractivity contribution is -0.114. The first kappa shape index (κ1) is 15.7. The van der Waals surface area contributed by atoms with Gasteiger partial charge in [-0.3, -0.25) is 4.79 Å². The zero-order valence-corrected chi connectivity index (χ0v) is 12.1. The molecule has 16 heavy (non-hydrogen) atoms. The molecule has 0 aliphatic rings. The van der Waals surface area contributed by atoms with Gasteiger partial charge in [0.05, 0.1) is 0 Å². The van der Waals surface area contributed by atoms with Crippen molar-refractivity contribution in [2.75, 3.05) is 4.43 Å². The first-order valence-electron chi connectivity index (χ1n) is 5.98. The average molecular weight is 332 g/mol. The maximum absolute atomic E-state index is 10.9. The Bertz CT molecular complexity index is 247. The maximum atomic E-state index is 10.9. The van der Waals surface area contributed by atoms with Gasteiger partial charge in [0.25, 0.3) is 0 Å². The van der Waals surface area contributed by atoms with Crippen molar-refractivity contribution >= 4 is 28.4 Å². The Labute approximate surface area is 113 Å². The average Bonchev–Trinajstić information content (AvgIpc) is 2.31. The van der Waals surface area contributed by atoms with Crippen LogP contribution in [0, 0.1) is 11.8 Å². The standard InChI is InChI=1S/C14H21IO/c1-2-14(16)12-10-8-6-4-3-5-7-9-11-13-15/h2H,1,3-5,7,9-13H2. The van der Waals surface area contributed by atoms with Gasteiger partial charge in [0, 0.05) is 19.3 Å². The molecule has 0 bridgehead atoms. The quantitative estimate of drug-likeness (QED) is 0.202. The van der Waals surface area contributed by atoms with Crippen LogP contribution >= 0.6 is 22.6 Å². The molecule has 0 N–H and O–H groups in total. The van der Waals surface area contributed by atoms with Crippen molar-refractivity contribution in [3.05, 3.63) is 12.7 Å². The van der Waals surface area contributed by atoms with E-state index in [0.29, 0.717) is 12.8 Å². The minimum Gasteiger partial charge on any atom is -0.295 e. The molecule has 0 radical (unpaired) electrons. The lowest BCUT2D eigenvalue weighted by atomic mass is 10.1. The summed E-state index contributed by atoms with van der Waals surface area (Å²) < 4.78 is 1.27. The monoisotopic (exact) mass is 332 g/mol. The molecule has 90 valence electrons. The molecule has 2 heteroatoms. The van der Waals surface area contributed by atoms with Crippen LogP contribution in [0.1, 0.15) is 51.4 Å². The third-order valence-corrected chi connectivity index (χ3v) is 3.05. The van der Waals surface area contributed by atoms with Crippen LogP contribution < -0.4 is 0 Å². The van der Waals surface area contributed by atoms with Crippen molar-refractivity contribution in [3.8, 4) is 11.8 Å². The maximum Gasteiger partial charge on any atom is 0.156 e. The van der Waals surface area contributed by atoms with Crippen LogP contribution in [0.15, 0.2) is 12.7 Å². The number of unbranched alkanes of at least 4 members (excludes halogenated alkanes) is 5. The van der Waals surface area contributed by atoms with Gasteiger partial charge < -0.3 is 0 Å². The molecule has 0 aromatic rings. The molecule has 0 saturated heterocycles. The molecular formula is C14H21IO. The van der Waals surface area contributed by atoms with E-state index in [-0.39, 0.29) is 5.78 Å². The molecular weight excluding hydrogens is 311 g/mol. The summed E-state index contributed by atoms with van der Waals surface area (Å²) in [6.45, 7) is 3.43. The van der Waals surface area contributed by atoms with Crippen LogP contribution in [-0.4, -0.2) is 10.2 Å². The fourth-order valence-corrected chi connectivity index (χ4v) is 1.84. The predicted octanol–water partition coefficient (Wildman–Crippen LogP) is 4.30. The summed E-state index contributed by atoms with van der Waals surface area (Å²) in [6.07, 6.45) is 10.1. The Morgan fingerprint density at radius 3 is 2.38 bits per heavy atom. The van der Waals surface area contributed by atoms with Crippen LogP contribution in [0.25, 0.3) is 0 Å². The fraction of sp³-hybridized carbons (Fsp3) is 0.643. The van der Waals surface area contributed by atoms with Crippen molar-refractivity contribution in [2.24, 2.45) is 0 Å². The number of ketones is 1. The Morgan fingerprint density at radius 1 is 1.06 bits per heavy atom. The van der Waals surface area contributed by atoms with E-state index in [0.717, 1.165) is 6.42 Å². The summed E-state index contributed by atoms with van der Waals surface area (Å²) in [4.78, 5) is 10.9.